The highest BCUT2D eigenvalue weighted by Gasteiger charge is 2.11. The molecular formula is C19H23NO2. The molecule has 0 saturated carbocycles. The molecule has 116 valence electrons. The van der Waals surface area contributed by atoms with Crippen molar-refractivity contribution in [3.05, 3.63) is 47.1 Å². The van der Waals surface area contributed by atoms with Crippen molar-refractivity contribution < 1.29 is 9.53 Å². The number of fused-ring (bicyclic) bond motifs is 1. The fourth-order valence-corrected chi connectivity index (χ4v) is 3.02. The normalized spacial score (nSPS) is 17.0. The number of amides is 1. The summed E-state index contributed by atoms with van der Waals surface area (Å²) in [7, 11) is 0. The van der Waals surface area contributed by atoms with Crippen LogP contribution in [0.15, 0.2) is 35.9 Å². The average molecular weight is 297 g/mol. The molecule has 0 bridgehead atoms. The van der Waals surface area contributed by atoms with Gasteiger partial charge in [0.15, 0.2) is 0 Å². The zero-order valence-electron chi connectivity index (χ0n) is 12.9. The Balaban J connectivity index is 1.46. The van der Waals surface area contributed by atoms with Crippen LogP contribution in [0.25, 0.3) is 6.08 Å². The summed E-state index contributed by atoms with van der Waals surface area (Å²) in [6, 6.07) is 6.06. The summed E-state index contributed by atoms with van der Waals surface area (Å²) in [5.74, 6) is 0.954. The second-order valence-electron chi connectivity index (χ2n) is 5.95. The monoisotopic (exact) mass is 297 g/mol. The van der Waals surface area contributed by atoms with Crippen LogP contribution in [0.2, 0.25) is 0 Å². The van der Waals surface area contributed by atoms with Crippen LogP contribution < -0.4 is 10.1 Å². The van der Waals surface area contributed by atoms with E-state index in [-0.39, 0.29) is 5.91 Å². The predicted octanol–water partition coefficient (Wildman–Crippen LogP) is 3.64. The van der Waals surface area contributed by atoms with Crippen molar-refractivity contribution in [2.24, 2.45) is 0 Å². The summed E-state index contributed by atoms with van der Waals surface area (Å²) < 4.78 is 5.48. The molecule has 1 aliphatic carbocycles. The molecule has 1 aliphatic heterocycles. The summed E-state index contributed by atoms with van der Waals surface area (Å²) in [5, 5.41) is 2.96. The highest BCUT2D eigenvalue weighted by molar-refractivity contribution is 5.91. The average Bonchev–Trinajstić information content (AvgIpc) is 3.01. The van der Waals surface area contributed by atoms with E-state index >= 15 is 0 Å². The SMILES string of the molecule is O=C(C=Cc1ccc2c(c1)CCO2)NCCC1=CCCCC1. The molecule has 3 rings (SSSR count). The number of carbonyl (C=O) groups is 1. The molecule has 0 spiro atoms. The number of carbonyl (C=O) groups excluding carboxylic acids is 1. The molecule has 3 nitrogen and oxygen atoms in total. The minimum Gasteiger partial charge on any atom is -0.493 e. The van der Waals surface area contributed by atoms with E-state index in [2.05, 4.69) is 17.5 Å². The summed E-state index contributed by atoms with van der Waals surface area (Å²) in [4.78, 5) is 11.8. The smallest absolute Gasteiger partial charge is 0.244 e. The summed E-state index contributed by atoms with van der Waals surface area (Å²) in [6.45, 7) is 1.49. The van der Waals surface area contributed by atoms with Crippen LogP contribution in [0.5, 0.6) is 5.75 Å². The zero-order chi connectivity index (χ0) is 15.2. The Bertz CT molecular complexity index is 601. The number of rotatable bonds is 5. The van der Waals surface area contributed by atoms with Gasteiger partial charge in [-0.05, 0) is 61.4 Å². The van der Waals surface area contributed by atoms with E-state index in [1.807, 2.05) is 18.2 Å². The molecule has 1 aromatic carbocycles. The quantitative estimate of drug-likeness (QED) is 0.665. The number of allylic oxidation sites excluding steroid dienone is 1. The van der Waals surface area contributed by atoms with Crippen LogP contribution >= 0.6 is 0 Å². The Kier molecular flexibility index (Phi) is 4.94. The minimum absolute atomic E-state index is 0.0202. The maximum Gasteiger partial charge on any atom is 0.244 e. The van der Waals surface area contributed by atoms with Gasteiger partial charge >= 0.3 is 0 Å². The van der Waals surface area contributed by atoms with E-state index in [1.165, 1.54) is 36.8 Å². The standard InChI is InChI=1S/C19H23NO2/c21-19(20-12-10-15-4-2-1-3-5-15)9-7-16-6-8-18-17(14-16)11-13-22-18/h4,6-9,14H,1-3,5,10-13H2,(H,20,21). The van der Waals surface area contributed by atoms with Gasteiger partial charge in [-0.25, -0.2) is 0 Å². The molecule has 2 aliphatic rings. The van der Waals surface area contributed by atoms with E-state index in [0.29, 0.717) is 0 Å². The van der Waals surface area contributed by atoms with Crippen LogP contribution in [-0.2, 0) is 11.2 Å². The largest absolute Gasteiger partial charge is 0.493 e. The number of nitrogens with one attached hydrogen (secondary N) is 1. The maximum atomic E-state index is 11.8. The molecule has 1 N–H and O–H groups in total. The number of hydrogen-bond acceptors (Lipinski definition) is 2. The van der Waals surface area contributed by atoms with Crippen LogP contribution in [0.3, 0.4) is 0 Å². The number of hydrogen-bond donors (Lipinski definition) is 1. The molecule has 1 heterocycles. The van der Waals surface area contributed by atoms with Gasteiger partial charge in [-0.15, -0.1) is 0 Å². The highest BCUT2D eigenvalue weighted by Crippen LogP contribution is 2.26. The molecule has 0 fully saturated rings. The van der Waals surface area contributed by atoms with E-state index in [4.69, 9.17) is 4.74 Å². The van der Waals surface area contributed by atoms with Crippen molar-refractivity contribution in [1.29, 1.82) is 0 Å². The van der Waals surface area contributed by atoms with E-state index in [1.54, 1.807) is 6.08 Å². The molecule has 0 radical (unpaired) electrons. The van der Waals surface area contributed by atoms with Crippen LogP contribution in [0.4, 0.5) is 0 Å². The molecule has 0 saturated heterocycles. The van der Waals surface area contributed by atoms with Gasteiger partial charge in [0.05, 0.1) is 6.61 Å². The Morgan fingerprint density at radius 2 is 2.23 bits per heavy atom. The molecule has 1 aromatic rings. The first-order valence-electron chi connectivity index (χ1n) is 8.21. The molecule has 1 amide bonds. The van der Waals surface area contributed by atoms with Crippen molar-refractivity contribution >= 4 is 12.0 Å². The van der Waals surface area contributed by atoms with E-state index < -0.39 is 0 Å². The Morgan fingerprint density at radius 3 is 3.09 bits per heavy atom. The first kappa shape index (κ1) is 14.9. The van der Waals surface area contributed by atoms with Crippen molar-refractivity contribution in [3.63, 3.8) is 0 Å². The fraction of sp³-hybridized carbons (Fsp3) is 0.421. The Morgan fingerprint density at radius 1 is 1.27 bits per heavy atom. The summed E-state index contributed by atoms with van der Waals surface area (Å²) in [6.07, 6.45) is 12.8. The second-order valence-corrected chi connectivity index (χ2v) is 5.95. The summed E-state index contributed by atoms with van der Waals surface area (Å²) >= 11 is 0. The predicted molar refractivity (Wildman–Crippen MR) is 88.9 cm³/mol. The Labute approximate surface area is 132 Å². The fourth-order valence-electron chi connectivity index (χ4n) is 3.02. The van der Waals surface area contributed by atoms with Crippen molar-refractivity contribution in [2.75, 3.05) is 13.2 Å². The lowest BCUT2D eigenvalue weighted by atomic mass is 9.97. The van der Waals surface area contributed by atoms with Crippen molar-refractivity contribution in [1.82, 2.24) is 5.32 Å². The number of ether oxygens (including phenoxy) is 1. The van der Waals surface area contributed by atoms with Gasteiger partial charge in [-0.2, -0.15) is 0 Å². The van der Waals surface area contributed by atoms with Crippen LogP contribution in [-0.4, -0.2) is 19.1 Å². The third-order valence-electron chi connectivity index (χ3n) is 4.27. The number of benzene rings is 1. The van der Waals surface area contributed by atoms with E-state index in [9.17, 15) is 4.79 Å². The molecule has 3 heteroatoms. The first-order valence-corrected chi connectivity index (χ1v) is 8.21. The van der Waals surface area contributed by atoms with Crippen LogP contribution in [0, 0.1) is 0 Å². The van der Waals surface area contributed by atoms with Gasteiger partial charge in [0.25, 0.3) is 0 Å². The lowest BCUT2D eigenvalue weighted by molar-refractivity contribution is -0.116. The van der Waals surface area contributed by atoms with Gasteiger partial charge in [-0.3, -0.25) is 4.79 Å². The van der Waals surface area contributed by atoms with Gasteiger partial charge in [0.1, 0.15) is 5.75 Å². The third-order valence-corrected chi connectivity index (χ3v) is 4.27. The summed E-state index contributed by atoms with van der Waals surface area (Å²) in [5.41, 5.74) is 3.77. The minimum atomic E-state index is -0.0202. The Hall–Kier alpha value is -2.03. The van der Waals surface area contributed by atoms with Gasteiger partial charge in [-0.1, -0.05) is 17.7 Å². The lowest BCUT2D eigenvalue weighted by Gasteiger charge is -2.12. The zero-order valence-corrected chi connectivity index (χ0v) is 12.9. The molecule has 0 aromatic heterocycles. The van der Waals surface area contributed by atoms with Gasteiger partial charge in [0.2, 0.25) is 5.91 Å². The molecule has 0 atom stereocenters. The molecule has 22 heavy (non-hydrogen) atoms. The van der Waals surface area contributed by atoms with E-state index in [0.717, 1.165) is 37.3 Å². The lowest BCUT2D eigenvalue weighted by Crippen LogP contribution is -2.22. The topological polar surface area (TPSA) is 38.3 Å². The molecular weight excluding hydrogens is 274 g/mol. The highest BCUT2D eigenvalue weighted by atomic mass is 16.5. The van der Waals surface area contributed by atoms with Gasteiger partial charge in [0, 0.05) is 19.0 Å². The van der Waals surface area contributed by atoms with Crippen molar-refractivity contribution in [2.45, 2.75) is 38.5 Å². The van der Waals surface area contributed by atoms with Crippen molar-refractivity contribution in [3.8, 4) is 5.75 Å². The van der Waals surface area contributed by atoms with Gasteiger partial charge < -0.3 is 10.1 Å². The second kappa shape index (κ2) is 7.30. The van der Waals surface area contributed by atoms with Crippen LogP contribution in [0.1, 0.15) is 43.2 Å². The molecule has 0 unspecified atom stereocenters. The maximum absolute atomic E-state index is 11.8. The first-order chi connectivity index (χ1) is 10.8. The third kappa shape index (κ3) is 4.00.